The first kappa shape index (κ1) is 14.1. The Labute approximate surface area is 119 Å². The van der Waals surface area contributed by atoms with Crippen molar-refractivity contribution in [2.45, 2.75) is 12.8 Å². The van der Waals surface area contributed by atoms with Crippen LogP contribution in [0.5, 0.6) is 0 Å². The molecule has 7 heteroatoms. The summed E-state index contributed by atoms with van der Waals surface area (Å²) in [5, 5.41) is 13.3. The number of carbonyl (C=O) groups excluding carboxylic acids is 1. The first-order valence-electron chi connectivity index (χ1n) is 5.86. The van der Waals surface area contributed by atoms with Gasteiger partial charge in [0, 0.05) is 29.5 Å². The van der Waals surface area contributed by atoms with Gasteiger partial charge in [-0.3, -0.25) is 14.9 Å². The molecule has 1 aromatic carbocycles. The number of ether oxygens (including phenoxy) is 1. The number of rotatable bonds is 5. The van der Waals surface area contributed by atoms with E-state index in [1.165, 1.54) is 30.6 Å². The van der Waals surface area contributed by atoms with Crippen LogP contribution in [0.3, 0.4) is 0 Å². The van der Waals surface area contributed by atoms with Gasteiger partial charge in [0.2, 0.25) is 0 Å². The second-order valence-corrected chi connectivity index (χ2v) is 4.89. The number of esters is 1. The van der Waals surface area contributed by atoms with E-state index in [0.29, 0.717) is 17.0 Å². The van der Waals surface area contributed by atoms with Gasteiger partial charge in [-0.1, -0.05) is 12.1 Å². The molecular formula is C13H12N2O4S. The monoisotopic (exact) mass is 292 g/mol. The molecule has 6 nitrogen and oxygen atoms in total. The number of carbonyl (C=O) groups is 1. The van der Waals surface area contributed by atoms with Crippen molar-refractivity contribution in [3.05, 3.63) is 45.5 Å². The summed E-state index contributed by atoms with van der Waals surface area (Å²) >= 11 is 1.40. The molecule has 0 aliphatic carbocycles. The van der Waals surface area contributed by atoms with E-state index >= 15 is 0 Å². The molecule has 0 atom stereocenters. The van der Waals surface area contributed by atoms with Crippen LogP contribution in [0.1, 0.15) is 12.1 Å². The van der Waals surface area contributed by atoms with Gasteiger partial charge in [-0.2, -0.15) is 0 Å². The van der Waals surface area contributed by atoms with Gasteiger partial charge >= 0.3 is 5.97 Å². The molecule has 1 aromatic heterocycles. The van der Waals surface area contributed by atoms with E-state index < -0.39 is 4.92 Å². The minimum Gasteiger partial charge on any atom is -0.469 e. The standard InChI is InChI=1S/C13H12N2O4S/c1-19-12(16)6-5-10-8-20-13(14-10)9-3-2-4-11(7-9)15(17)18/h2-4,7-8H,5-6H2,1H3. The molecule has 0 radical (unpaired) electrons. The van der Waals surface area contributed by atoms with Gasteiger partial charge in [-0.15, -0.1) is 11.3 Å². The summed E-state index contributed by atoms with van der Waals surface area (Å²) in [6, 6.07) is 6.33. The summed E-state index contributed by atoms with van der Waals surface area (Å²) in [4.78, 5) is 25.7. The Kier molecular flexibility index (Phi) is 4.41. The van der Waals surface area contributed by atoms with E-state index in [9.17, 15) is 14.9 Å². The van der Waals surface area contributed by atoms with E-state index in [1.807, 2.05) is 5.38 Å². The topological polar surface area (TPSA) is 82.3 Å². The lowest BCUT2D eigenvalue weighted by molar-refractivity contribution is -0.384. The molecular weight excluding hydrogens is 280 g/mol. The third-order valence-corrected chi connectivity index (χ3v) is 3.61. The molecule has 0 N–H and O–H groups in total. The molecule has 2 aromatic rings. The number of nitro benzene ring substituents is 1. The number of benzene rings is 1. The van der Waals surface area contributed by atoms with Gasteiger partial charge in [-0.25, -0.2) is 4.98 Å². The molecule has 0 aliphatic heterocycles. The second-order valence-electron chi connectivity index (χ2n) is 4.03. The molecule has 104 valence electrons. The van der Waals surface area contributed by atoms with Crippen molar-refractivity contribution < 1.29 is 14.5 Å². The Bertz CT molecular complexity index is 639. The predicted octanol–water partition coefficient (Wildman–Crippen LogP) is 2.82. The minimum atomic E-state index is -0.435. The first-order chi connectivity index (χ1) is 9.60. The number of thiazole rings is 1. The van der Waals surface area contributed by atoms with Crippen molar-refractivity contribution in [2.75, 3.05) is 7.11 Å². The van der Waals surface area contributed by atoms with Crippen LogP contribution in [-0.2, 0) is 16.0 Å². The summed E-state index contributed by atoms with van der Waals surface area (Å²) < 4.78 is 4.57. The molecule has 20 heavy (non-hydrogen) atoms. The normalized spacial score (nSPS) is 10.2. The van der Waals surface area contributed by atoms with E-state index in [4.69, 9.17) is 0 Å². The zero-order valence-corrected chi connectivity index (χ0v) is 11.6. The van der Waals surface area contributed by atoms with Gasteiger partial charge in [0.1, 0.15) is 5.01 Å². The molecule has 0 amide bonds. The van der Waals surface area contributed by atoms with E-state index in [1.54, 1.807) is 12.1 Å². The summed E-state index contributed by atoms with van der Waals surface area (Å²) in [5.41, 5.74) is 1.52. The van der Waals surface area contributed by atoms with E-state index in [0.717, 1.165) is 5.69 Å². The van der Waals surface area contributed by atoms with Gasteiger partial charge in [0.05, 0.1) is 24.1 Å². The Hall–Kier alpha value is -2.28. The summed E-state index contributed by atoms with van der Waals surface area (Å²) in [7, 11) is 1.35. The molecule has 0 spiro atoms. The average molecular weight is 292 g/mol. The Morgan fingerprint density at radius 2 is 2.30 bits per heavy atom. The number of aryl methyl sites for hydroxylation is 1. The maximum Gasteiger partial charge on any atom is 0.305 e. The smallest absolute Gasteiger partial charge is 0.305 e. The largest absolute Gasteiger partial charge is 0.469 e. The molecule has 0 bridgehead atoms. The van der Waals surface area contributed by atoms with Crippen molar-refractivity contribution in [3.8, 4) is 10.6 Å². The summed E-state index contributed by atoms with van der Waals surface area (Å²) in [6.45, 7) is 0. The fraction of sp³-hybridized carbons (Fsp3) is 0.231. The molecule has 0 saturated heterocycles. The second kappa shape index (κ2) is 6.25. The highest BCUT2D eigenvalue weighted by Crippen LogP contribution is 2.27. The van der Waals surface area contributed by atoms with Crippen molar-refractivity contribution in [1.82, 2.24) is 4.98 Å². The number of hydrogen-bond donors (Lipinski definition) is 0. The predicted molar refractivity (Wildman–Crippen MR) is 74.5 cm³/mol. The lowest BCUT2D eigenvalue weighted by Crippen LogP contribution is -2.01. The van der Waals surface area contributed by atoms with Crippen LogP contribution in [0.15, 0.2) is 29.6 Å². The number of nitro groups is 1. The van der Waals surface area contributed by atoms with Crippen LogP contribution in [0.25, 0.3) is 10.6 Å². The van der Waals surface area contributed by atoms with Crippen molar-refractivity contribution in [1.29, 1.82) is 0 Å². The van der Waals surface area contributed by atoms with Crippen LogP contribution in [-0.4, -0.2) is 23.0 Å². The van der Waals surface area contributed by atoms with E-state index in [-0.39, 0.29) is 18.1 Å². The summed E-state index contributed by atoms with van der Waals surface area (Å²) in [6.07, 6.45) is 0.771. The molecule has 0 fully saturated rings. The Morgan fingerprint density at radius 1 is 1.50 bits per heavy atom. The Morgan fingerprint density at radius 3 is 3.00 bits per heavy atom. The highest BCUT2D eigenvalue weighted by Gasteiger charge is 2.11. The quantitative estimate of drug-likeness (QED) is 0.481. The molecule has 0 aliphatic rings. The van der Waals surface area contributed by atoms with Crippen molar-refractivity contribution >= 4 is 23.0 Å². The average Bonchev–Trinajstić information content (AvgIpc) is 2.93. The number of non-ortho nitro benzene ring substituents is 1. The zero-order chi connectivity index (χ0) is 14.5. The molecule has 2 rings (SSSR count). The first-order valence-corrected chi connectivity index (χ1v) is 6.74. The van der Waals surface area contributed by atoms with Crippen LogP contribution in [0, 0.1) is 10.1 Å². The van der Waals surface area contributed by atoms with Crippen LogP contribution < -0.4 is 0 Å². The fourth-order valence-corrected chi connectivity index (χ4v) is 2.49. The number of hydrogen-bond acceptors (Lipinski definition) is 6. The molecule has 0 unspecified atom stereocenters. The van der Waals surface area contributed by atoms with Crippen molar-refractivity contribution in [2.24, 2.45) is 0 Å². The van der Waals surface area contributed by atoms with Crippen LogP contribution in [0.2, 0.25) is 0 Å². The fourth-order valence-electron chi connectivity index (χ4n) is 1.64. The maximum atomic E-state index is 11.1. The molecule has 1 heterocycles. The number of nitrogens with zero attached hydrogens (tertiary/aromatic N) is 2. The highest BCUT2D eigenvalue weighted by molar-refractivity contribution is 7.13. The van der Waals surface area contributed by atoms with Gasteiger partial charge in [0.15, 0.2) is 0 Å². The lowest BCUT2D eigenvalue weighted by atomic mass is 10.2. The Balaban J connectivity index is 2.14. The maximum absolute atomic E-state index is 11.1. The SMILES string of the molecule is COC(=O)CCc1csc(-c2cccc([N+](=O)[O-])c2)n1. The highest BCUT2D eigenvalue weighted by atomic mass is 32.1. The van der Waals surface area contributed by atoms with Gasteiger partial charge in [0.25, 0.3) is 5.69 Å². The third kappa shape index (κ3) is 3.39. The summed E-state index contributed by atoms with van der Waals surface area (Å²) in [5.74, 6) is -0.283. The van der Waals surface area contributed by atoms with Gasteiger partial charge in [-0.05, 0) is 0 Å². The van der Waals surface area contributed by atoms with E-state index in [2.05, 4.69) is 9.72 Å². The minimum absolute atomic E-state index is 0.0359. The van der Waals surface area contributed by atoms with Crippen LogP contribution >= 0.6 is 11.3 Å². The van der Waals surface area contributed by atoms with Crippen molar-refractivity contribution in [3.63, 3.8) is 0 Å². The third-order valence-electron chi connectivity index (χ3n) is 2.67. The number of methoxy groups -OCH3 is 1. The number of aromatic nitrogens is 1. The molecule has 0 saturated carbocycles. The van der Waals surface area contributed by atoms with Crippen LogP contribution in [0.4, 0.5) is 5.69 Å². The van der Waals surface area contributed by atoms with Gasteiger partial charge < -0.3 is 4.74 Å². The zero-order valence-electron chi connectivity index (χ0n) is 10.7. The lowest BCUT2D eigenvalue weighted by Gasteiger charge is -1.97.